The summed E-state index contributed by atoms with van der Waals surface area (Å²) >= 11 is 0. The molecule has 1 aromatic heterocycles. The largest absolute Gasteiger partial charge is 0.384 e. The predicted molar refractivity (Wildman–Crippen MR) is 86.3 cm³/mol. The molecular formula is C17H16N4O2. The highest BCUT2D eigenvalue weighted by atomic mass is 16.5. The molecule has 116 valence electrons. The molecule has 0 fully saturated rings. The Hall–Kier alpha value is -3.09. The second-order valence-corrected chi connectivity index (χ2v) is 5.23. The van der Waals surface area contributed by atoms with Gasteiger partial charge in [-0.15, -0.1) is 0 Å². The summed E-state index contributed by atoms with van der Waals surface area (Å²) in [6.07, 6.45) is 0.0261. The van der Waals surface area contributed by atoms with Crippen LogP contribution in [0.25, 0.3) is 11.1 Å². The average molecular weight is 308 g/mol. The second-order valence-electron chi connectivity index (χ2n) is 5.23. The molecule has 0 aliphatic heterocycles. The van der Waals surface area contributed by atoms with Crippen molar-refractivity contribution in [2.75, 3.05) is 5.73 Å². The molecule has 0 bridgehead atoms. The number of ether oxygens (including phenoxy) is 1. The Morgan fingerprint density at radius 1 is 1.22 bits per heavy atom. The van der Waals surface area contributed by atoms with Gasteiger partial charge in [-0.1, -0.05) is 24.3 Å². The maximum atomic E-state index is 12.0. The highest BCUT2D eigenvalue weighted by molar-refractivity contribution is 5.81. The van der Waals surface area contributed by atoms with Crippen molar-refractivity contribution in [1.29, 1.82) is 10.5 Å². The fraction of sp³-hybridized carbons (Fsp3) is 0.235. The maximum Gasteiger partial charge on any atom is 0.268 e. The molecule has 1 heterocycles. The molecule has 6 nitrogen and oxygen atoms in total. The zero-order chi connectivity index (χ0) is 17.0. The van der Waals surface area contributed by atoms with Gasteiger partial charge in [0.25, 0.3) is 5.56 Å². The van der Waals surface area contributed by atoms with Crippen molar-refractivity contribution < 1.29 is 4.74 Å². The summed E-state index contributed by atoms with van der Waals surface area (Å²) in [5.41, 5.74) is 6.71. The summed E-state index contributed by atoms with van der Waals surface area (Å²) in [6.45, 7) is 4.13. The van der Waals surface area contributed by atoms with Gasteiger partial charge in [0.1, 0.15) is 29.1 Å². The SMILES string of the molecule is CC(C)OCc1ccccc1-c1c(C#N)c(N)[nH]c(=O)c1C#N. The summed E-state index contributed by atoms with van der Waals surface area (Å²) in [4.78, 5) is 14.3. The number of aromatic nitrogens is 1. The van der Waals surface area contributed by atoms with Gasteiger partial charge >= 0.3 is 0 Å². The van der Waals surface area contributed by atoms with E-state index in [4.69, 9.17) is 10.5 Å². The van der Waals surface area contributed by atoms with Crippen LogP contribution in [0.15, 0.2) is 29.1 Å². The molecule has 0 saturated carbocycles. The zero-order valence-corrected chi connectivity index (χ0v) is 12.9. The Labute approximate surface area is 133 Å². The quantitative estimate of drug-likeness (QED) is 0.899. The number of nitrogens with two attached hydrogens (primary N) is 1. The third-order valence-electron chi connectivity index (χ3n) is 3.33. The predicted octanol–water partition coefficient (Wildman–Crippen LogP) is 2.29. The monoisotopic (exact) mass is 308 g/mol. The number of pyridine rings is 1. The first-order valence-electron chi connectivity index (χ1n) is 7.05. The molecule has 0 unspecified atom stereocenters. The van der Waals surface area contributed by atoms with Crippen LogP contribution in [0.2, 0.25) is 0 Å². The first-order chi connectivity index (χ1) is 11.0. The molecule has 0 atom stereocenters. The van der Waals surface area contributed by atoms with E-state index in [-0.39, 0.29) is 28.6 Å². The van der Waals surface area contributed by atoms with Crippen molar-refractivity contribution in [3.05, 3.63) is 51.3 Å². The van der Waals surface area contributed by atoms with Gasteiger partial charge in [0, 0.05) is 5.56 Å². The first-order valence-corrected chi connectivity index (χ1v) is 7.05. The smallest absolute Gasteiger partial charge is 0.268 e. The van der Waals surface area contributed by atoms with Gasteiger partial charge in [-0.3, -0.25) is 4.79 Å². The number of nitrogens with one attached hydrogen (secondary N) is 1. The molecule has 0 aliphatic rings. The average Bonchev–Trinajstić information content (AvgIpc) is 2.52. The van der Waals surface area contributed by atoms with Gasteiger partial charge < -0.3 is 15.5 Å². The summed E-state index contributed by atoms with van der Waals surface area (Å²) < 4.78 is 5.61. The van der Waals surface area contributed by atoms with E-state index in [2.05, 4.69) is 4.98 Å². The highest BCUT2D eigenvalue weighted by Gasteiger charge is 2.20. The van der Waals surface area contributed by atoms with Gasteiger partial charge in [-0.2, -0.15) is 10.5 Å². The lowest BCUT2D eigenvalue weighted by Gasteiger charge is -2.14. The van der Waals surface area contributed by atoms with Crippen LogP contribution in [0.5, 0.6) is 0 Å². The van der Waals surface area contributed by atoms with E-state index in [0.717, 1.165) is 5.56 Å². The molecule has 0 spiro atoms. The van der Waals surface area contributed by atoms with Crippen molar-refractivity contribution in [3.8, 4) is 23.3 Å². The van der Waals surface area contributed by atoms with Crippen LogP contribution < -0.4 is 11.3 Å². The van der Waals surface area contributed by atoms with E-state index >= 15 is 0 Å². The number of benzene rings is 1. The minimum atomic E-state index is -0.612. The van der Waals surface area contributed by atoms with Crippen molar-refractivity contribution in [3.63, 3.8) is 0 Å². The van der Waals surface area contributed by atoms with Crippen molar-refractivity contribution in [2.45, 2.75) is 26.6 Å². The molecule has 0 amide bonds. The Bertz CT molecular complexity index is 870. The van der Waals surface area contributed by atoms with Crippen LogP contribution in [0, 0.1) is 22.7 Å². The molecule has 2 aromatic rings. The standard InChI is InChI=1S/C17H16N4O2/c1-10(2)23-9-11-5-3-4-6-12(11)15-13(7-18)16(20)21-17(22)14(15)8-19/h3-6,10H,9H2,1-2H3,(H3,20,21,22). The lowest BCUT2D eigenvalue weighted by Crippen LogP contribution is -2.17. The van der Waals surface area contributed by atoms with Gasteiger partial charge in [0.05, 0.1) is 12.7 Å². The van der Waals surface area contributed by atoms with Gasteiger partial charge in [-0.25, -0.2) is 0 Å². The fourth-order valence-electron chi connectivity index (χ4n) is 2.26. The van der Waals surface area contributed by atoms with Gasteiger partial charge in [0.15, 0.2) is 0 Å². The van der Waals surface area contributed by atoms with Crippen LogP contribution in [0.1, 0.15) is 30.5 Å². The molecule has 0 aliphatic carbocycles. The number of nitriles is 2. The summed E-state index contributed by atoms with van der Waals surface area (Å²) in [6, 6.07) is 11.0. The Morgan fingerprint density at radius 2 is 1.87 bits per heavy atom. The highest BCUT2D eigenvalue weighted by Crippen LogP contribution is 2.31. The van der Waals surface area contributed by atoms with Gasteiger partial charge in [-0.05, 0) is 25.0 Å². The van der Waals surface area contributed by atoms with Crippen LogP contribution in [-0.2, 0) is 11.3 Å². The van der Waals surface area contributed by atoms with E-state index in [1.54, 1.807) is 12.1 Å². The number of anilines is 1. The van der Waals surface area contributed by atoms with Crippen molar-refractivity contribution >= 4 is 5.82 Å². The third kappa shape index (κ3) is 3.23. The molecule has 0 saturated heterocycles. The summed E-state index contributed by atoms with van der Waals surface area (Å²) in [7, 11) is 0. The molecule has 3 N–H and O–H groups in total. The van der Waals surface area contributed by atoms with E-state index in [1.165, 1.54) is 0 Å². The number of hydrogen-bond acceptors (Lipinski definition) is 5. The zero-order valence-electron chi connectivity index (χ0n) is 12.9. The van der Waals surface area contributed by atoms with Crippen LogP contribution in [0.4, 0.5) is 5.82 Å². The lowest BCUT2D eigenvalue weighted by molar-refractivity contribution is 0.0660. The van der Waals surface area contributed by atoms with Crippen LogP contribution >= 0.6 is 0 Å². The number of nitrogens with zero attached hydrogens (tertiary/aromatic N) is 2. The molecule has 6 heteroatoms. The number of nitrogen functional groups attached to an aromatic ring is 1. The number of hydrogen-bond donors (Lipinski definition) is 2. The molecule has 0 radical (unpaired) electrons. The van der Waals surface area contributed by atoms with Crippen LogP contribution in [0.3, 0.4) is 0 Å². The van der Waals surface area contributed by atoms with E-state index in [1.807, 2.05) is 38.1 Å². The number of H-pyrrole nitrogens is 1. The first kappa shape index (κ1) is 16.3. The summed E-state index contributed by atoms with van der Waals surface area (Å²) in [5, 5.41) is 18.7. The minimum Gasteiger partial charge on any atom is -0.384 e. The van der Waals surface area contributed by atoms with E-state index < -0.39 is 5.56 Å². The molecular weight excluding hydrogens is 292 g/mol. The number of aromatic amines is 1. The summed E-state index contributed by atoms with van der Waals surface area (Å²) in [5.74, 6) is -0.0499. The Morgan fingerprint density at radius 3 is 2.48 bits per heavy atom. The topological polar surface area (TPSA) is 116 Å². The molecule has 1 aromatic carbocycles. The van der Waals surface area contributed by atoms with E-state index in [0.29, 0.717) is 12.2 Å². The van der Waals surface area contributed by atoms with Crippen molar-refractivity contribution in [1.82, 2.24) is 4.98 Å². The van der Waals surface area contributed by atoms with E-state index in [9.17, 15) is 15.3 Å². The number of rotatable bonds is 4. The van der Waals surface area contributed by atoms with Crippen LogP contribution in [-0.4, -0.2) is 11.1 Å². The Balaban J connectivity index is 2.75. The van der Waals surface area contributed by atoms with Crippen molar-refractivity contribution in [2.24, 2.45) is 0 Å². The Kier molecular flexibility index (Phi) is 4.80. The fourth-order valence-corrected chi connectivity index (χ4v) is 2.26. The van der Waals surface area contributed by atoms with Gasteiger partial charge in [0.2, 0.25) is 0 Å². The maximum absolute atomic E-state index is 12.0. The normalized spacial score (nSPS) is 10.3. The minimum absolute atomic E-state index is 0.0261. The second kappa shape index (κ2) is 6.78. The third-order valence-corrected chi connectivity index (χ3v) is 3.33. The molecule has 2 rings (SSSR count). The lowest BCUT2D eigenvalue weighted by atomic mass is 9.93. The molecule has 23 heavy (non-hydrogen) atoms.